The summed E-state index contributed by atoms with van der Waals surface area (Å²) in [5, 5.41) is 3.87. The van der Waals surface area contributed by atoms with E-state index in [2.05, 4.69) is 36.5 Å². The van der Waals surface area contributed by atoms with Crippen LogP contribution in [0.5, 0.6) is 11.5 Å². The average Bonchev–Trinajstić information content (AvgIpc) is 3.24. The first-order chi connectivity index (χ1) is 15.9. The van der Waals surface area contributed by atoms with Crippen molar-refractivity contribution in [3.05, 3.63) is 83.6 Å². The number of hydrogen-bond donors (Lipinski definition) is 1. The molecule has 0 atom stereocenters. The number of carbonyl (C=O) groups excluding carboxylic acids is 1. The number of ether oxygens (including phenoxy) is 2. The van der Waals surface area contributed by atoms with Crippen LogP contribution in [0, 0.1) is 13.8 Å². The number of fused-ring (bicyclic) bond motifs is 1. The van der Waals surface area contributed by atoms with Crippen molar-refractivity contribution in [1.29, 1.82) is 0 Å². The first kappa shape index (κ1) is 22.2. The van der Waals surface area contributed by atoms with Crippen LogP contribution in [0.2, 0.25) is 0 Å². The van der Waals surface area contributed by atoms with Gasteiger partial charge < -0.3 is 19.2 Å². The first-order valence-electron chi connectivity index (χ1n) is 10.7. The Morgan fingerprint density at radius 2 is 1.67 bits per heavy atom. The molecule has 0 aliphatic heterocycles. The number of hydrogen-bond acceptors (Lipinski definition) is 4. The summed E-state index contributed by atoms with van der Waals surface area (Å²) in [6, 6.07) is 17.6. The Bertz CT molecular complexity index is 1330. The molecule has 0 aliphatic rings. The third kappa shape index (κ3) is 4.48. The number of rotatable bonds is 6. The van der Waals surface area contributed by atoms with E-state index in [1.165, 1.54) is 5.56 Å². The lowest BCUT2D eigenvalue weighted by molar-refractivity contribution is -0.111. The Labute approximate surface area is 193 Å². The summed E-state index contributed by atoms with van der Waals surface area (Å²) >= 11 is 0. The van der Waals surface area contributed by atoms with E-state index in [0.717, 1.165) is 44.5 Å². The van der Waals surface area contributed by atoms with Crippen LogP contribution < -0.4 is 14.8 Å². The minimum Gasteiger partial charge on any atom is -0.497 e. The molecule has 0 bridgehead atoms. The van der Waals surface area contributed by atoms with E-state index in [9.17, 15) is 4.79 Å². The van der Waals surface area contributed by atoms with Crippen LogP contribution in [-0.2, 0) is 4.79 Å². The van der Waals surface area contributed by atoms with Crippen LogP contribution in [0.25, 0.3) is 27.7 Å². The summed E-state index contributed by atoms with van der Waals surface area (Å²) < 4.78 is 16.8. The number of methoxy groups -OCH3 is 2. The summed E-state index contributed by atoms with van der Waals surface area (Å²) in [4.78, 5) is 12.7. The number of carbonyl (C=O) groups is 1. The largest absolute Gasteiger partial charge is 0.497 e. The van der Waals surface area contributed by atoms with E-state index in [4.69, 9.17) is 13.9 Å². The van der Waals surface area contributed by atoms with Gasteiger partial charge in [-0.05, 0) is 62.2 Å². The monoisotopic (exact) mass is 441 g/mol. The van der Waals surface area contributed by atoms with Gasteiger partial charge in [0, 0.05) is 33.8 Å². The van der Waals surface area contributed by atoms with Crippen molar-refractivity contribution in [3.8, 4) is 22.6 Å². The summed E-state index contributed by atoms with van der Waals surface area (Å²) in [5.41, 5.74) is 7.29. The highest BCUT2D eigenvalue weighted by molar-refractivity contribution is 6.06. The second kappa shape index (κ2) is 9.25. The van der Waals surface area contributed by atoms with Crippen molar-refractivity contribution >= 4 is 28.1 Å². The molecular formula is C28H27NO4. The molecule has 0 saturated carbocycles. The normalized spacial score (nSPS) is 11.5. The number of nitrogens with one attached hydrogen (secondary N) is 1. The minimum absolute atomic E-state index is 0.219. The van der Waals surface area contributed by atoms with Gasteiger partial charge in [-0.3, -0.25) is 4.79 Å². The number of furan rings is 1. The molecule has 1 amide bonds. The smallest absolute Gasteiger partial charge is 0.248 e. The van der Waals surface area contributed by atoms with Crippen LogP contribution in [-0.4, -0.2) is 20.1 Å². The fraction of sp³-hybridized carbons (Fsp3) is 0.179. The fourth-order valence-corrected chi connectivity index (χ4v) is 3.96. The molecule has 4 rings (SSSR count). The number of allylic oxidation sites excluding steroid dienone is 1. The highest BCUT2D eigenvalue weighted by Gasteiger charge is 2.18. The summed E-state index contributed by atoms with van der Waals surface area (Å²) in [5.74, 6) is 1.21. The molecule has 168 valence electrons. The van der Waals surface area contributed by atoms with Crippen molar-refractivity contribution in [3.63, 3.8) is 0 Å². The van der Waals surface area contributed by atoms with Gasteiger partial charge in [0.25, 0.3) is 0 Å². The SMILES string of the molecule is COc1ccc(NC(=O)/C=C(\C)c2cc3c(-c4ccc(C)cc4)coc3c(C)c2OC)cc1. The molecule has 0 unspecified atom stereocenters. The second-order valence-electron chi connectivity index (χ2n) is 8.02. The van der Waals surface area contributed by atoms with Crippen molar-refractivity contribution in [2.45, 2.75) is 20.8 Å². The van der Waals surface area contributed by atoms with Gasteiger partial charge in [0.2, 0.25) is 5.91 Å². The maximum Gasteiger partial charge on any atom is 0.248 e. The van der Waals surface area contributed by atoms with E-state index in [1.54, 1.807) is 50.8 Å². The van der Waals surface area contributed by atoms with Gasteiger partial charge in [-0.25, -0.2) is 0 Å². The second-order valence-corrected chi connectivity index (χ2v) is 8.02. The lowest BCUT2D eigenvalue weighted by Gasteiger charge is -2.13. The van der Waals surface area contributed by atoms with Crippen molar-refractivity contribution in [2.75, 3.05) is 19.5 Å². The van der Waals surface area contributed by atoms with Gasteiger partial charge in [0.15, 0.2) is 0 Å². The molecular weight excluding hydrogens is 414 g/mol. The lowest BCUT2D eigenvalue weighted by Crippen LogP contribution is -2.08. The molecule has 1 N–H and O–H groups in total. The fourth-order valence-electron chi connectivity index (χ4n) is 3.96. The molecule has 1 aromatic heterocycles. The average molecular weight is 442 g/mol. The zero-order chi connectivity index (χ0) is 23.5. The summed E-state index contributed by atoms with van der Waals surface area (Å²) in [6.45, 7) is 5.94. The lowest BCUT2D eigenvalue weighted by atomic mass is 9.96. The molecule has 0 radical (unpaired) electrons. The Morgan fingerprint density at radius 3 is 2.30 bits per heavy atom. The van der Waals surface area contributed by atoms with Crippen LogP contribution >= 0.6 is 0 Å². The molecule has 0 aliphatic carbocycles. The highest BCUT2D eigenvalue weighted by atomic mass is 16.5. The Kier molecular flexibility index (Phi) is 6.22. The number of aryl methyl sites for hydroxylation is 2. The Balaban J connectivity index is 1.72. The van der Waals surface area contributed by atoms with Crippen LogP contribution in [0.1, 0.15) is 23.6 Å². The molecule has 33 heavy (non-hydrogen) atoms. The molecule has 5 nitrogen and oxygen atoms in total. The number of benzene rings is 3. The molecule has 0 fully saturated rings. The maximum atomic E-state index is 12.7. The predicted molar refractivity (Wildman–Crippen MR) is 133 cm³/mol. The molecule has 1 heterocycles. The van der Waals surface area contributed by atoms with Gasteiger partial charge in [-0.2, -0.15) is 0 Å². The quantitative estimate of drug-likeness (QED) is 0.335. The van der Waals surface area contributed by atoms with Gasteiger partial charge in [0.1, 0.15) is 17.1 Å². The summed E-state index contributed by atoms with van der Waals surface area (Å²) in [7, 11) is 3.24. The van der Waals surface area contributed by atoms with E-state index in [-0.39, 0.29) is 5.91 Å². The molecule has 4 aromatic rings. The first-order valence-corrected chi connectivity index (χ1v) is 10.7. The maximum absolute atomic E-state index is 12.7. The number of anilines is 1. The van der Waals surface area contributed by atoms with E-state index in [1.807, 2.05) is 19.9 Å². The molecule has 3 aromatic carbocycles. The van der Waals surface area contributed by atoms with Gasteiger partial charge >= 0.3 is 0 Å². The number of amides is 1. The van der Waals surface area contributed by atoms with Crippen LogP contribution in [0.4, 0.5) is 5.69 Å². The predicted octanol–water partition coefficient (Wildman–Crippen LogP) is 6.78. The standard InChI is InChI=1S/C28H27NO4/c1-17-6-8-20(9-7-17)25-16-33-28-19(3)27(32-5)23(15-24(25)28)18(2)14-26(30)29-21-10-12-22(31-4)13-11-21/h6-16H,1-5H3,(H,29,30)/b18-14+. The van der Waals surface area contributed by atoms with E-state index < -0.39 is 0 Å². The zero-order valence-corrected chi connectivity index (χ0v) is 19.5. The third-order valence-corrected chi connectivity index (χ3v) is 5.74. The Morgan fingerprint density at radius 1 is 0.970 bits per heavy atom. The topological polar surface area (TPSA) is 60.7 Å². The van der Waals surface area contributed by atoms with Crippen molar-refractivity contribution in [1.82, 2.24) is 0 Å². The molecule has 0 saturated heterocycles. The molecule has 0 spiro atoms. The minimum atomic E-state index is -0.219. The van der Waals surface area contributed by atoms with E-state index >= 15 is 0 Å². The summed E-state index contributed by atoms with van der Waals surface area (Å²) in [6.07, 6.45) is 3.36. The van der Waals surface area contributed by atoms with Crippen LogP contribution in [0.15, 0.2) is 71.4 Å². The van der Waals surface area contributed by atoms with Gasteiger partial charge in [-0.15, -0.1) is 0 Å². The van der Waals surface area contributed by atoms with E-state index in [0.29, 0.717) is 11.4 Å². The molecule has 5 heteroatoms. The zero-order valence-electron chi connectivity index (χ0n) is 19.5. The van der Waals surface area contributed by atoms with Crippen molar-refractivity contribution < 1.29 is 18.7 Å². The van der Waals surface area contributed by atoms with Crippen LogP contribution in [0.3, 0.4) is 0 Å². The van der Waals surface area contributed by atoms with Gasteiger partial charge in [-0.1, -0.05) is 29.8 Å². The Hall–Kier alpha value is -3.99. The van der Waals surface area contributed by atoms with Gasteiger partial charge in [0.05, 0.1) is 20.5 Å². The van der Waals surface area contributed by atoms with Crippen molar-refractivity contribution in [2.24, 2.45) is 0 Å². The highest BCUT2D eigenvalue weighted by Crippen LogP contribution is 2.40. The third-order valence-electron chi connectivity index (χ3n) is 5.74.